The van der Waals surface area contributed by atoms with Gasteiger partial charge in [0.1, 0.15) is 0 Å². The fourth-order valence-electron chi connectivity index (χ4n) is 4.48. The van der Waals surface area contributed by atoms with Crippen LogP contribution in [0.1, 0.15) is 52.4 Å². The van der Waals surface area contributed by atoms with E-state index in [0.717, 1.165) is 45.2 Å². The van der Waals surface area contributed by atoms with Gasteiger partial charge in [-0.05, 0) is 59.0 Å². The normalized spacial score (nSPS) is 30.3. The van der Waals surface area contributed by atoms with Gasteiger partial charge in [-0.2, -0.15) is 0 Å². The highest BCUT2D eigenvalue weighted by Gasteiger charge is 2.60. The average Bonchev–Trinajstić information content (AvgIpc) is 2.78. The zero-order valence-electron chi connectivity index (χ0n) is 14.2. The first-order valence-electron chi connectivity index (χ1n) is 8.82. The second-order valence-electron chi connectivity index (χ2n) is 6.99. The molecule has 0 N–H and O–H groups in total. The van der Waals surface area contributed by atoms with E-state index in [-0.39, 0.29) is 5.78 Å². The number of ketones is 3. The molecule has 1 unspecified atom stereocenters. The predicted octanol–water partition coefficient (Wildman–Crippen LogP) is 1.71. The van der Waals surface area contributed by atoms with Crippen molar-refractivity contribution in [3.8, 4) is 0 Å². The molecule has 0 aromatic carbocycles. The summed E-state index contributed by atoms with van der Waals surface area (Å²) in [6.45, 7) is 6.28. The molecule has 2 fully saturated rings. The Bertz CT molecular complexity index is 569. The summed E-state index contributed by atoms with van der Waals surface area (Å²) >= 11 is 0. The first-order valence-corrected chi connectivity index (χ1v) is 8.82. The molecule has 3 aliphatic rings. The molecule has 0 saturated carbocycles. The number of rotatable bonds is 3. The summed E-state index contributed by atoms with van der Waals surface area (Å²) in [7, 11) is 0. The van der Waals surface area contributed by atoms with Crippen molar-refractivity contribution in [2.75, 3.05) is 26.2 Å². The lowest BCUT2D eigenvalue weighted by Crippen LogP contribution is -2.63. The molecule has 0 aromatic heterocycles. The van der Waals surface area contributed by atoms with E-state index in [0.29, 0.717) is 24.4 Å². The van der Waals surface area contributed by atoms with E-state index in [1.54, 1.807) is 6.92 Å². The van der Waals surface area contributed by atoms with Gasteiger partial charge in [0.25, 0.3) is 0 Å². The number of Topliss-reactive ketones (excluding diaryl/α,β-unsaturated/α-hetero) is 3. The Balaban J connectivity index is 2.11. The number of allylic oxidation sites excluding steroid dienone is 1. The second kappa shape index (κ2) is 6.19. The van der Waals surface area contributed by atoms with Crippen LogP contribution in [0.3, 0.4) is 0 Å². The Kier molecular flexibility index (Phi) is 4.41. The molecular weight excluding hydrogens is 292 g/mol. The SMILES string of the molecule is CC(=O)C1(N2CCCCC2)C(=O)C(=O)C(C)=C1N1CCCCC1. The molecule has 2 saturated heterocycles. The van der Waals surface area contributed by atoms with Crippen LogP contribution in [0.2, 0.25) is 0 Å². The number of carbonyl (C=O) groups excluding carboxylic acids is 3. The predicted molar refractivity (Wildman–Crippen MR) is 87.0 cm³/mol. The van der Waals surface area contributed by atoms with Crippen LogP contribution in [0.5, 0.6) is 0 Å². The Morgan fingerprint density at radius 1 is 0.913 bits per heavy atom. The van der Waals surface area contributed by atoms with Crippen LogP contribution < -0.4 is 0 Å². The molecule has 5 nitrogen and oxygen atoms in total. The Labute approximate surface area is 137 Å². The van der Waals surface area contributed by atoms with Crippen molar-refractivity contribution in [2.24, 2.45) is 0 Å². The summed E-state index contributed by atoms with van der Waals surface area (Å²) in [6, 6.07) is 0. The molecule has 126 valence electrons. The van der Waals surface area contributed by atoms with Crippen molar-refractivity contribution in [2.45, 2.75) is 57.9 Å². The zero-order chi connectivity index (χ0) is 16.6. The smallest absolute Gasteiger partial charge is 0.236 e. The molecular formula is C18H26N2O3. The summed E-state index contributed by atoms with van der Waals surface area (Å²) in [6.07, 6.45) is 6.34. The van der Waals surface area contributed by atoms with E-state index in [1.807, 2.05) is 4.90 Å². The highest BCUT2D eigenvalue weighted by atomic mass is 16.2. The van der Waals surface area contributed by atoms with Gasteiger partial charge in [0.2, 0.25) is 11.6 Å². The summed E-state index contributed by atoms with van der Waals surface area (Å²) in [5.74, 6) is -1.19. The molecule has 0 amide bonds. The van der Waals surface area contributed by atoms with Gasteiger partial charge >= 0.3 is 0 Å². The van der Waals surface area contributed by atoms with Crippen molar-refractivity contribution in [3.63, 3.8) is 0 Å². The van der Waals surface area contributed by atoms with E-state index in [1.165, 1.54) is 13.3 Å². The van der Waals surface area contributed by atoms with Gasteiger partial charge in [-0.3, -0.25) is 19.3 Å². The van der Waals surface area contributed by atoms with Crippen molar-refractivity contribution in [1.82, 2.24) is 9.80 Å². The molecule has 5 heteroatoms. The second-order valence-corrected chi connectivity index (χ2v) is 6.99. The zero-order valence-corrected chi connectivity index (χ0v) is 14.2. The highest BCUT2D eigenvalue weighted by Crippen LogP contribution is 2.41. The Morgan fingerprint density at radius 3 is 1.96 bits per heavy atom. The highest BCUT2D eigenvalue weighted by molar-refractivity contribution is 6.54. The fourth-order valence-corrected chi connectivity index (χ4v) is 4.48. The lowest BCUT2D eigenvalue weighted by Gasteiger charge is -2.45. The number of hydrogen-bond donors (Lipinski definition) is 0. The van der Waals surface area contributed by atoms with E-state index in [9.17, 15) is 14.4 Å². The first kappa shape index (κ1) is 16.4. The Hall–Kier alpha value is -1.49. The van der Waals surface area contributed by atoms with Gasteiger partial charge < -0.3 is 4.90 Å². The minimum Gasteiger partial charge on any atom is -0.372 e. The minimum absolute atomic E-state index is 0.199. The first-order chi connectivity index (χ1) is 11.0. The van der Waals surface area contributed by atoms with Crippen molar-refractivity contribution in [3.05, 3.63) is 11.3 Å². The minimum atomic E-state index is -1.35. The van der Waals surface area contributed by atoms with Crippen molar-refractivity contribution >= 4 is 17.3 Å². The third-order valence-corrected chi connectivity index (χ3v) is 5.59. The molecule has 23 heavy (non-hydrogen) atoms. The molecule has 0 spiro atoms. The van der Waals surface area contributed by atoms with Crippen molar-refractivity contribution in [1.29, 1.82) is 0 Å². The molecule has 0 aromatic rings. The molecule has 0 bridgehead atoms. The lowest BCUT2D eigenvalue weighted by molar-refractivity contribution is -0.146. The van der Waals surface area contributed by atoms with Crippen LogP contribution in [0, 0.1) is 0 Å². The van der Waals surface area contributed by atoms with Gasteiger partial charge in [-0.1, -0.05) is 6.42 Å². The van der Waals surface area contributed by atoms with E-state index < -0.39 is 17.1 Å². The molecule has 2 aliphatic heterocycles. The quantitative estimate of drug-likeness (QED) is 0.586. The molecule has 2 heterocycles. The summed E-state index contributed by atoms with van der Waals surface area (Å²) in [5, 5.41) is 0. The molecule has 3 rings (SSSR count). The molecule has 0 radical (unpaired) electrons. The summed E-state index contributed by atoms with van der Waals surface area (Å²) < 4.78 is 0. The third-order valence-electron chi connectivity index (χ3n) is 5.59. The Morgan fingerprint density at radius 2 is 1.43 bits per heavy atom. The van der Waals surface area contributed by atoms with Gasteiger partial charge in [-0.15, -0.1) is 0 Å². The summed E-state index contributed by atoms with van der Waals surface area (Å²) in [5.41, 5.74) is -0.168. The number of nitrogens with zero attached hydrogens (tertiary/aromatic N) is 2. The van der Waals surface area contributed by atoms with Crippen molar-refractivity contribution < 1.29 is 14.4 Å². The summed E-state index contributed by atoms with van der Waals surface area (Å²) in [4.78, 5) is 42.3. The van der Waals surface area contributed by atoms with Crippen LogP contribution in [0.15, 0.2) is 11.3 Å². The van der Waals surface area contributed by atoms with Gasteiger partial charge in [0.15, 0.2) is 11.3 Å². The maximum Gasteiger partial charge on any atom is 0.236 e. The van der Waals surface area contributed by atoms with Crippen LogP contribution in [-0.2, 0) is 14.4 Å². The van der Waals surface area contributed by atoms with E-state index >= 15 is 0 Å². The van der Waals surface area contributed by atoms with Gasteiger partial charge in [0, 0.05) is 18.7 Å². The third kappa shape index (κ3) is 2.36. The number of carbonyl (C=O) groups is 3. The van der Waals surface area contributed by atoms with Gasteiger partial charge in [-0.25, -0.2) is 0 Å². The van der Waals surface area contributed by atoms with Gasteiger partial charge in [0.05, 0.1) is 5.70 Å². The number of piperidine rings is 2. The average molecular weight is 318 g/mol. The van der Waals surface area contributed by atoms with Crippen LogP contribution in [0.25, 0.3) is 0 Å². The molecule has 1 aliphatic carbocycles. The maximum atomic E-state index is 13.0. The van der Waals surface area contributed by atoms with E-state index in [2.05, 4.69) is 4.90 Å². The molecule has 1 atom stereocenters. The lowest BCUT2D eigenvalue weighted by atomic mass is 9.84. The monoisotopic (exact) mass is 318 g/mol. The fraction of sp³-hybridized carbons (Fsp3) is 0.722. The van der Waals surface area contributed by atoms with E-state index in [4.69, 9.17) is 0 Å². The maximum absolute atomic E-state index is 13.0. The standard InChI is InChI=1S/C18H26N2O3/c1-13-15(22)17(23)18(14(2)21,20-11-7-4-8-12-20)16(13)19-9-5-3-6-10-19/h3-12H2,1-2H3. The number of hydrogen-bond acceptors (Lipinski definition) is 5. The van der Waals surface area contributed by atoms with Crippen LogP contribution in [0.4, 0.5) is 0 Å². The topological polar surface area (TPSA) is 57.7 Å². The van der Waals surface area contributed by atoms with Crippen LogP contribution >= 0.6 is 0 Å². The number of likely N-dealkylation sites (tertiary alicyclic amines) is 2. The largest absolute Gasteiger partial charge is 0.372 e. The van der Waals surface area contributed by atoms with Crippen LogP contribution in [-0.4, -0.2) is 58.9 Å².